The number of anilines is 1. The molecule has 2 atom stereocenters. The molecular formula is C32H35N3O6. The van der Waals surface area contributed by atoms with Gasteiger partial charge in [-0.2, -0.15) is 0 Å². The molecule has 1 aliphatic carbocycles. The Morgan fingerprint density at radius 2 is 1.63 bits per heavy atom. The fourth-order valence-electron chi connectivity index (χ4n) is 5.32. The van der Waals surface area contributed by atoms with Crippen LogP contribution >= 0.6 is 0 Å². The van der Waals surface area contributed by atoms with Crippen LogP contribution in [0.15, 0.2) is 75.6 Å². The molecular weight excluding hydrogens is 522 g/mol. The van der Waals surface area contributed by atoms with E-state index in [1.165, 1.54) is 0 Å². The highest BCUT2D eigenvalue weighted by Crippen LogP contribution is 2.28. The minimum Gasteiger partial charge on any atom is -0.451 e. The molecule has 9 heteroatoms. The Labute approximate surface area is 238 Å². The number of benzene rings is 2. The first kappa shape index (κ1) is 28.2. The van der Waals surface area contributed by atoms with Gasteiger partial charge in [-0.15, -0.1) is 0 Å². The highest BCUT2D eigenvalue weighted by Gasteiger charge is 2.32. The number of hydrogen-bond acceptors (Lipinski definition) is 6. The number of carbonyl (C=O) groups excluding carboxylic acids is 3. The van der Waals surface area contributed by atoms with Crippen molar-refractivity contribution in [3.8, 4) is 11.3 Å². The number of fused-ring (bicyclic) bond motifs is 1. The van der Waals surface area contributed by atoms with Gasteiger partial charge in [-0.3, -0.25) is 14.4 Å². The van der Waals surface area contributed by atoms with Crippen LogP contribution in [0.1, 0.15) is 60.1 Å². The van der Waals surface area contributed by atoms with Crippen LogP contribution in [0.5, 0.6) is 0 Å². The number of furan rings is 2. The third-order valence-corrected chi connectivity index (χ3v) is 7.40. The molecule has 2 aromatic heterocycles. The van der Waals surface area contributed by atoms with E-state index in [1.54, 1.807) is 49.6 Å². The van der Waals surface area contributed by atoms with E-state index in [0.717, 1.165) is 43.1 Å². The van der Waals surface area contributed by atoms with Crippen molar-refractivity contribution < 1.29 is 28.0 Å². The van der Waals surface area contributed by atoms with Crippen LogP contribution in [0.4, 0.5) is 5.69 Å². The first-order valence-corrected chi connectivity index (χ1v) is 14.0. The minimum atomic E-state index is -0.648. The van der Waals surface area contributed by atoms with Gasteiger partial charge >= 0.3 is 0 Å². The Kier molecular flexibility index (Phi) is 8.84. The van der Waals surface area contributed by atoms with Gasteiger partial charge in [-0.25, -0.2) is 0 Å². The number of hydrogen-bond donors (Lipinski definition) is 3. The van der Waals surface area contributed by atoms with Crippen LogP contribution in [0.25, 0.3) is 22.3 Å². The van der Waals surface area contributed by atoms with E-state index in [-0.39, 0.29) is 35.3 Å². The summed E-state index contributed by atoms with van der Waals surface area (Å²) in [6.45, 7) is 2.26. The molecule has 2 heterocycles. The molecule has 1 saturated carbocycles. The molecule has 214 valence electrons. The van der Waals surface area contributed by atoms with Crippen LogP contribution in [0, 0.1) is 5.92 Å². The van der Waals surface area contributed by atoms with Gasteiger partial charge in [-0.1, -0.05) is 37.5 Å². The van der Waals surface area contributed by atoms with Crippen LogP contribution < -0.4 is 16.0 Å². The normalized spacial score (nSPS) is 15.3. The van der Waals surface area contributed by atoms with Crippen molar-refractivity contribution in [2.24, 2.45) is 5.92 Å². The molecule has 2 aromatic carbocycles. The molecule has 0 bridgehead atoms. The van der Waals surface area contributed by atoms with Gasteiger partial charge in [0, 0.05) is 29.8 Å². The number of nitrogens with one attached hydrogen (secondary N) is 3. The van der Waals surface area contributed by atoms with E-state index in [0.29, 0.717) is 23.6 Å². The Hall–Kier alpha value is -4.37. The molecule has 3 N–H and O–H groups in total. The second-order valence-corrected chi connectivity index (χ2v) is 10.6. The van der Waals surface area contributed by atoms with Gasteiger partial charge in [0.1, 0.15) is 17.4 Å². The van der Waals surface area contributed by atoms with Gasteiger partial charge in [0.2, 0.25) is 5.91 Å². The predicted octanol–water partition coefficient (Wildman–Crippen LogP) is 5.77. The lowest BCUT2D eigenvalue weighted by Crippen LogP contribution is -2.53. The molecule has 9 nitrogen and oxygen atoms in total. The van der Waals surface area contributed by atoms with Crippen molar-refractivity contribution in [1.82, 2.24) is 10.6 Å². The largest absolute Gasteiger partial charge is 0.451 e. The molecule has 1 aliphatic rings. The molecule has 1 fully saturated rings. The molecule has 3 amide bonds. The Balaban J connectivity index is 1.23. The third kappa shape index (κ3) is 6.86. The SMILES string of the molecule is COCC(C)NC(=O)C(NC(=O)c1ccc(-c2ccc(NC(=O)c3cc4ccccc4o3)cc2)o1)C1CCCCC1. The summed E-state index contributed by atoms with van der Waals surface area (Å²) in [5, 5.41) is 9.58. The second kappa shape index (κ2) is 12.9. The summed E-state index contributed by atoms with van der Waals surface area (Å²) in [7, 11) is 1.59. The molecule has 0 spiro atoms. The number of ether oxygens (including phenoxy) is 1. The Morgan fingerprint density at radius 1 is 0.878 bits per heavy atom. The fraction of sp³-hybridized carbons (Fsp3) is 0.344. The standard InChI is InChI=1S/C32H35N3O6/c1-20(19-39-2)33-32(38)29(22-8-4-3-5-9-22)35-30(36)27-17-16-26(40-27)21-12-14-24(15-13-21)34-31(37)28-18-23-10-6-7-11-25(23)41-28/h6-7,10-18,20,22,29H,3-5,8-9,19H2,1-2H3,(H,33,38)(H,34,37)(H,35,36). The summed E-state index contributed by atoms with van der Waals surface area (Å²) < 4.78 is 16.7. The van der Waals surface area contributed by atoms with E-state index in [1.807, 2.05) is 31.2 Å². The number of amides is 3. The molecule has 0 radical (unpaired) electrons. The van der Waals surface area contributed by atoms with Crippen molar-refractivity contribution in [2.45, 2.75) is 51.1 Å². The smallest absolute Gasteiger partial charge is 0.291 e. The lowest BCUT2D eigenvalue weighted by atomic mass is 9.83. The van der Waals surface area contributed by atoms with Gasteiger partial charge in [0.25, 0.3) is 11.8 Å². The Morgan fingerprint density at radius 3 is 2.37 bits per heavy atom. The number of rotatable bonds is 10. The topological polar surface area (TPSA) is 123 Å². The van der Waals surface area contributed by atoms with Gasteiger partial charge in [0.15, 0.2) is 11.5 Å². The zero-order valence-corrected chi connectivity index (χ0v) is 23.3. The minimum absolute atomic E-state index is 0.0687. The van der Waals surface area contributed by atoms with E-state index in [9.17, 15) is 14.4 Å². The van der Waals surface area contributed by atoms with Crippen molar-refractivity contribution in [1.29, 1.82) is 0 Å². The van der Waals surface area contributed by atoms with Crippen molar-refractivity contribution in [3.05, 3.63) is 78.3 Å². The average Bonchev–Trinajstić information content (AvgIpc) is 3.65. The van der Waals surface area contributed by atoms with E-state index in [2.05, 4.69) is 16.0 Å². The number of para-hydroxylation sites is 1. The molecule has 5 rings (SSSR count). The first-order valence-electron chi connectivity index (χ1n) is 14.0. The quantitative estimate of drug-likeness (QED) is 0.227. The van der Waals surface area contributed by atoms with Crippen molar-refractivity contribution in [2.75, 3.05) is 19.0 Å². The van der Waals surface area contributed by atoms with E-state index >= 15 is 0 Å². The third-order valence-electron chi connectivity index (χ3n) is 7.40. The van der Waals surface area contributed by atoms with Crippen molar-refractivity contribution in [3.63, 3.8) is 0 Å². The highest BCUT2D eigenvalue weighted by atomic mass is 16.5. The fourth-order valence-corrected chi connectivity index (χ4v) is 5.32. The lowest BCUT2D eigenvalue weighted by molar-refractivity contribution is -0.125. The van der Waals surface area contributed by atoms with Crippen LogP contribution in [-0.2, 0) is 9.53 Å². The summed E-state index contributed by atoms with van der Waals surface area (Å²) in [5.74, 6) is -0.0694. The van der Waals surface area contributed by atoms with E-state index in [4.69, 9.17) is 13.6 Å². The van der Waals surface area contributed by atoms with Gasteiger partial charge in [-0.05, 0) is 74.2 Å². The lowest BCUT2D eigenvalue weighted by Gasteiger charge is -2.30. The molecule has 0 aliphatic heterocycles. The predicted molar refractivity (Wildman–Crippen MR) is 156 cm³/mol. The van der Waals surface area contributed by atoms with Crippen molar-refractivity contribution >= 4 is 34.4 Å². The number of methoxy groups -OCH3 is 1. The van der Waals surface area contributed by atoms with Crippen LogP contribution in [-0.4, -0.2) is 43.5 Å². The Bertz CT molecular complexity index is 1470. The zero-order chi connectivity index (χ0) is 28.8. The highest BCUT2D eigenvalue weighted by molar-refractivity contribution is 6.04. The zero-order valence-electron chi connectivity index (χ0n) is 23.3. The summed E-state index contributed by atoms with van der Waals surface area (Å²) in [6.07, 6.45) is 5.00. The molecule has 0 saturated heterocycles. The van der Waals surface area contributed by atoms with Crippen LogP contribution in [0.2, 0.25) is 0 Å². The number of carbonyl (C=O) groups is 3. The monoisotopic (exact) mass is 557 g/mol. The summed E-state index contributed by atoms with van der Waals surface area (Å²) in [5.41, 5.74) is 1.98. The molecule has 41 heavy (non-hydrogen) atoms. The van der Waals surface area contributed by atoms with Gasteiger partial charge < -0.3 is 29.5 Å². The van der Waals surface area contributed by atoms with E-state index < -0.39 is 11.9 Å². The maximum Gasteiger partial charge on any atom is 0.291 e. The second-order valence-electron chi connectivity index (χ2n) is 10.6. The average molecular weight is 558 g/mol. The molecule has 2 unspecified atom stereocenters. The summed E-state index contributed by atoms with van der Waals surface area (Å²) >= 11 is 0. The van der Waals surface area contributed by atoms with Crippen LogP contribution in [0.3, 0.4) is 0 Å². The summed E-state index contributed by atoms with van der Waals surface area (Å²) in [6, 6.07) is 18.7. The van der Waals surface area contributed by atoms with Gasteiger partial charge in [0.05, 0.1) is 6.61 Å². The maximum absolute atomic E-state index is 13.2. The maximum atomic E-state index is 13.2. The summed E-state index contributed by atoms with van der Waals surface area (Å²) in [4.78, 5) is 38.9. The first-order chi connectivity index (χ1) is 19.9. The molecule has 4 aromatic rings.